The van der Waals surface area contributed by atoms with Crippen molar-refractivity contribution < 1.29 is 18.8 Å². The minimum atomic E-state index is -2.98. The second-order valence-electron chi connectivity index (χ2n) is 1.02. The fraction of sp³-hybridized carbons (Fsp3) is 0.500. The number of carbonyl (C=O) groups is 1. The zero-order valence-electron chi connectivity index (χ0n) is 3.96. The second-order valence-corrected chi connectivity index (χ2v) is 1.84. The van der Waals surface area contributed by atoms with Gasteiger partial charge in [-0.25, -0.2) is 0 Å². The first-order valence-corrected chi connectivity index (χ1v) is 3.03. The molecule has 1 amide bonds. The quantitative estimate of drug-likeness (QED) is 0.484. The van der Waals surface area contributed by atoms with Gasteiger partial charge < -0.3 is 15.2 Å². The van der Waals surface area contributed by atoms with Crippen molar-refractivity contribution in [2.45, 2.75) is 0 Å². The molecule has 0 heterocycles. The van der Waals surface area contributed by atoms with Crippen molar-refractivity contribution in [3.63, 3.8) is 0 Å². The minimum Gasteiger partial charge on any atom is -0.368 e. The average Bonchev–Trinajstić information content (AvgIpc) is 1.61. The number of nitrogens with two attached hydrogens (primary N) is 1. The summed E-state index contributed by atoms with van der Waals surface area (Å²) in [6, 6.07) is 0. The van der Waals surface area contributed by atoms with Crippen LogP contribution in [0.1, 0.15) is 0 Å². The van der Waals surface area contributed by atoms with Gasteiger partial charge in [-0.2, -0.15) is 0 Å². The molecule has 0 aromatic heterocycles. The highest BCUT2D eigenvalue weighted by Gasteiger charge is 1.94. The molecule has 8 heavy (non-hydrogen) atoms. The van der Waals surface area contributed by atoms with E-state index in [0.717, 1.165) is 0 Å². The summed E-state index contributed by atoms with van der Waals surface area (Å²) in [7, 11) is -2.98. The molecule has 3 N–H and O–H groups in total. The zero-order valence-corrected chi connectivity index (χ0v) is 4.96. The lowest BCUT2D eigenvalue weighted by Crippen LogP contribution is -2.15. The van der Waals surface area contributed by atoms with Gasteiger partial charge in [-0.3, -0.25) is 9.36 Å². The van der Waals surface area contributed by atoms with Crippen molar-refractivity contribution in [1.82, 2.24) is 0 Å². The number of carbonyl (C=O) groups excluding carboxylic acids is 1. The Morgan fingerprint density at radius 1 is 1.88 bits per heavy atom. The van der Waals surface area contributed by atoms with E-state index in [1.807, 2.05) is 0 Å². The summed E-state index contributed by atoms with van der Waals surface area (Å²) < 4.78 is 13.6. The van der Waals surface area contributed by atoms with E-state index in [1.54, 1.807) is 0 Å². The summed E-state index contributed by atoms with van der Waals surface area (Å²) in [4.78, 5) is 17.7. The summed E-state index contributed by atoms with van der Waals surface area (Å²) >= 11 is 0. The fourth-order valence-corrected chi connectivity index (χ4v) is 0.399. The Morgan fingerprint density at radius 2 is 2.38 bits per heavy atom. The molecule has 0 saturated carbocycles. The predicted molar refractivity (Wildman–Crippen MR) is 26.4 cm³/mol. The fourth-order valence-electron chi connectivity index (χ4n) is 0.133. The van der Waals surface area contributed by atoms with E-state index < -0.39 is 20.8 Å². The second kappa shape index (κ2) is 3.60. The van der Waals surface area contributed by atoms with E-state index >= 15 is 0 Å². The van der Waals surface area contributed by atoms with Crippen LogP contribution in [0.3, 0.4) is 0 Å². The Balaban J connectivity index is 3.18. The van der Waals surface area contributed by atoms with Crippen LogP contribution < -0.4 is 5.73 Å². The molecule has 0 aliphatic rings. The zero-order chi connectivity index (χ0) is 6.57. The molecule has 0 bridgehead atoms. The Morgan fingerprint density at radius 3 is 2.50 bits per heavy atom. The van der Waals surface area contributed by atoms with Gasteiger partial charge in [-0.15, -0.1) is 0 Å². The molecule has 1 unspecified atom stereocenters. The van der Waals surface area contributed by atoms with E-state index in [4.69, 9.17) is 4.89 Å². The Bertz CT molecular complexity index is 98.6. The van der Waals surface area contributed by atoms with E-state index in [-0.39, 0.29) is 0 Å². The lowest BCUT2D eigenvalue weighted by Gasteiger charge is -1.91. The standard InChI is InChI=1S/C2H6NO4P/c3-2(4)1-7-8(5)6/h8H,1H2,(H2,3,4)(H,5,6). The van der Waals surface area contributed by atoms with Crippen LogP contribution in [0.25, 0.3) is 0 Å². The molecule has 0 aliphatic carbocycles. The first-order chi connectivity index (χ1) is 3.63. The highest BCUT2D eigenvalue weighted by molar-refractivity contribution is 7.32. The van der Waals surface area contributed by atoms with Crippen molar-refractivity contribution in [3.8, 4) is 0 Å². The van der Waals surface area contributed by atoms with Gasteiger partial charge in [-0.1, -0.05) is 0 Å². The topological polar surface area (TPSA) is 89.6 Å². The third-order valence-corrected chi connectivity index (χ3v) is 0.729. The minimum absolute atomic E-state index is 0.492. The number of hydrogen-bond acceptors (Lipinski definition) is 3. The van der Waals surface area contributed by atoms with Crippen LogP contribution in [0.2, 0.25) is 0 Å². The van der Waals surface area contributed by atoms with Gasteiger partial charge in [0.25, 0.3) is 0 Å². The first-order valence-electron chi connectivity index (χ1n) is 1.77. The van der Waals surface area contributed by atoms with Crippen molar-refractivity contribution in [1.29, 1.82) is 0 Å². The smallest absolute Gasteiger partial charge is 0.317 e. The molecular formula is C2H6NO4P. The van der Waals surface area contributed by atoms with Crippen LogP contribution in [0.4, 0.5) is 0 Å². The Labute approximate surface area is 46.4 Å². The highest BCUT2D eigenvalue weighted by atomic mass is 31.1. The summed E-state index contributed by atoms with van der Waals surface area (Å²) in [6.45, 7) is -0.492. The van der Waals surface area contributed by atoms with E-state index in [1.165, 1.54) is 0 Å². The Hall–Kier alpha value is -0.380. The van der Waals surface area contributed by atoms with E-state index in [2.05, 4.69) is 10.3 Å². The van der Waals surface area contributed by atoms with Crippen molar-refractivity contribution in [2.75, 3.05) is 6.61 Å². The first kappa shape index (κ1) is 7.62. The van der Waals surface area contributed by atoms with Crippen LogP contribution in [-0.4, -0.2) is 17.4 Å². The molecule has 5 nitrogen and oxygen atoms in total. The molecule has 0 fully saturated rings. The lowest BCUT2D eigenvalue weighted by molar-refractivity contribution is -0.120. The predicted octanol–water partition coefficient (Wildman–Crippen LogP) is -1.13. The number of primary amides is 1. The molecule has 0 spiro atoms. The molecule has 0 aromatic rings. The largest absolute Gasteiger partial charge is 0.368 e. The molecule has 0 saturated heterocycles. The highest BCUT2D eigenvalue weighted by Crippen LogP contribution is 2.12. The van der Waals surface area contributed by atoms with Gasteiger partial charge in [0.2, 0.25) is 5.91 Å². The van der Waals surface area contributed by atoms with Crippen LogP contribution in [0, 0.1) is 0 Å². The molecular weight excluding hydrogens is 133 g/mol. The maximum absolute atomic E-state index is 9.77. The maximum Gasteiger partial charge on any atom is 0.317 e. The van der Waals surface area contributed by atoms with Crippen molar-refractivity contribution in [3.05, 3.63) is 0 Å². The lowest BCUT2D eigenvalue weighted by atomic mass is 10.7. The third kappa shape index (κ3) is 5.62. The maximum atomic E-state index is 9.77. The molecule has 0 aromatic carbocycles. The molecule has 0 rings (SSSR count). The number of hydrogen-bond donors (Lipinski definition) is 2. The molecule has 0 radical (unpaired) electrons. The molecule has 48 valence electrons. The summed E-state index contributed by atoms with van der Waals surface area (Å²) in [6.07, 6.45) is 0. The molecule has 0 aliphatic heterocycles. The van der Waals surface area contributed by atoms with Crippen molar-refractivity contribution >= 4 is 14.2 Å². The van der Waals surface area contributed by atoms with E-state index in [9.17, 15) is 9.36 Å². The number of rotatable bonds is 3. The SMILES string of the molecule is NC(=O)CO[PH](=O)O. The van der Waals surface area contributed by atoms with Crippen LogP contribution in [-0.2, 0) is 13.9 Å². The van der Waals surface area contributed by atoms with E-state index in [0.29, 0.717) is 0 Å². The van der Waals surface area contributed by atoms with Gasteiger partial charge in [0.1, 0.15) is 6.61 Å². The third-order valence-electron chi connectivity index (χ3n) is 0.338. The summed E-state index contributed by atoms with van der Waals surface area (Å²) in [5.41, 5.74) is 4.54. The van der Waals surface area contributed by atoms with Gasteiger partial charge in [0.15, 0.2) is 0 Å². The van der Waals surface area contributed by atoms with Crippen molar-refractivity contribution in [2.24, 2.45) is 5.73 Å². The molecule has 6 heteroatoms. The summed E-state index contributed by atoms with van der Waals surface area (Å²) in [5, 5.41) is 0. The monoisotopic (exact) mass is 139 g/mol. The van der Waals surface area contributed by atoms with Gasteiger partial charge in [-0.05, 0) is 0 Å². The van der Waals surface area contributed by atoms with Crippen LogP contribution >= 0.6 is 8.25 Å². The van der Waals surface area contributed by atoms with Crippen LogP contribution in [0.15, 0.2) is 0 Å². The average molecular weight is 139 g/mol. The van der Waals surface area contributed by atoms with Gasteiger partial charge >= 0.3 is 8.25 Å². The normalized spacial score (nSPS) is 13.1. The van der Waals surface area contributed by atoms with Gasteiger partial charge in [0.05, 0.1) is 0 Å². The van der Waals surface area contributed by atoms with Gasteiger partial charge in [0, 0.05) is 0 Å². The number of amides is 1. The van der Waals surface area contributed by atoms with Crippen LogP contribution in [0.5, 0.6) is 0 Å². The Kier molecular flexibility index (Phi) is 3.43. The summed E-state index contributed by atoms with van der Waals surface area (Å²) in [5.74, 6) is -0.752. The molecule has 1 atom stereocenters.